The number of rotatable bonds is 16. The summed E-state index contributed by atoms with van der Waals surface area (Å²) in [6.07, 6.45) is -1.68. The third-order valence-corrected chi connectivity index (χ3v) is 4.81. The number of nitrogens with one attached hydrogen (secondary N) is 3. The van der Waals surface area contributed by atoms with Crippen molar-refractivity contribution in [1.82, 2.24) is 16.0 Å². The van der Waals surface area contributed by atoms with Gasteiger partial charge in [0.15, 0.2) is 5.96 Å². The summed E-state index contributed by atoms with van der Waals surface area (Å²) in [4.78, 5) is 63.0. The van der Waals surface area contributed by atoms with E-state index in [0.717, 1.165) is 0 Å². The van der Waals surface area contributed by atoms with Gasteiger partial charge in [0.2, 0.25) is 17.7 Å². The zero-order valence-electron chi connectivity index (χ0n) is 18.6. The number of aliphatic hydroxyl groups excluding tert-OH is 1. The fourth-order valence-electron chi connectivity index (χ4n) is 2.57. The highest BCUT2D eigenvalue weighted by Crippen LogP contribution is 2.03. The number of aliphatic hydroxyl groups is 1. The van der Waals surface area contributed by atoms with Crippen molar-refractivity contribution in [3.05, 3.63) is 0 Å². The van der Waals surface area contributed by atoms with Crippen LogP contribution in [0.3, 0.4) is 0 Å². The van der Waals surface area contributed by atoms with E-state index in [2.05, 4.69) is 33.6 Å². The molecule has 0 aliphatic carbocycles. The Bertz CT molecular complexity index is 761. The molecule has 12 N–H and O–H groups in total. The molecule has 0 aromatic carbocycles. The molecule has 15 nitrogen and oxygen atoms in total. The van der Waals surface area contributed by atoms with E-state index < -0.39 is 66.4 Å². The lowest BCUT2D eigenvalue weighted by molar-refractivity contribution is -0.143. The summed E-state index contributed by atoms with van der Waals surface area (Å²) < 4.78 is 0. The summed E-state index contributed by atoms with van der Waals surface area (Å²) >= 11 is 3.96. The number of nitrogens with two attached hydrogens (primary N) is 3. The van der Waals surface area contributed by atoms with Crippen LogP contribution in [0.1, 0.15) is 32.6 Å². The Kier molecular flexibility index (Phi) is 14.2. The number of hydrogen-bond acceptors (Lipinski definition) is 9. The number of carboxylic acids is 2. The first-order chi connectivity index (χ1) is 15.8. The number of carbonyl (C=O) groups excluding carboxylic acids is 3. The van der Waals surface area contributed by atoms with E-state index in [1.54, 1.807) is 0 Å². The summed E-state index contributed by atoms with van der Waals surface area (Å²) in [5.74, 6) is -5.68. The molecule has 0 spiro atoms. The van der Waals surface area contributed by atoms with E-state index in [4.69, 9.17) is 27.4 Å². The molecule has 194 valence electrons. The van der Waals surface area contributed by atoms with Gasteiger partial charge < -0.3 is 48.5 Å². The predicted molar refractivity (Wildman–Crippen MR) is 124 cm³/mol. The van der Waals surface area contributed by atoms with Crippen LogP contribution in [0.4, 0.5) is 0 Å². The van der Waals surface area contributed by atoms with Crippen LogP contribution < -0.4 is 33.2 Å². The zero-order chi connectivity index (χ0) is 26.4. The molecular formula is C18H33N7O8S. The normalized spacial score (nSPS) is 15.1. The number of hydrogen-bond donors (Lipinski definition) is 10. The van der Waals surface area contributed by atoms with E-state index >= 15 is 0 Å². The van der Waals surface area contributed by atoms with Gasteiger partial charge in [-0.15, -0.1) is 0 Å². The minimum absolute atomic E-state index is 0.108. The zero-order valence-corrected chi connectivity index (χ0v) is 19.5. The number of aliphatic carboxylic acids is 2. The van der Waals surface area contributed by atoms with Gasteiger partial charge in [-0.25, -0.2) is 4.79 Å². The van der Waals surface area contributed by atoms with Crippen molar-refractivity contribution in [1.29, 1.82) is 0 Å². The number of guanidine groups is 1. The van der Waals surface area contributed by atoms with Crippen LogP contribution in [0.15, 0.2) is 4.99 Å². The first kappa shape index (κ1) is 30.9. The minimum atomic E-state index is -1.51. The Morgan fingerprint density at radius 2 is 1.53 bits per heavy atom. The van der Waals surface area contributed by atoms with E-state index in [0.29, 0.717) is 6.42 Å². The molecule has 5 unspecified atom stereocenters. The van der Waals surface area contributed by atoms with Gasteiger partial charge in [-0.1, -0.05) is 0 Å². The third-order valence-electron chi connectivity index (χ3n) is 4.44. The molecular weight excluding hydrogens is 474 g/mol. The van der Waals surface area contributed by atoms with E-state index in [1.165, 1.54) is 6.92 Å². The Hall–Kier alpha value is -3.11. The van der Waals surface area contributed by atoms with Crippen molar-refractivity contribution in [3.8, 4) is 0 Å². The van der Waals surface area contributed by atoms with Crippen molar-refractivity contribution in [2.24, 2.45) is 22.2 Å². The maximum Gasteiger partial charge on any atom is 0.326 e. The second kappa shape index (κ2) is 15.7. The molecule has 0 heterocycles. The van der Waals surface area contributed by atoms with E-state index in [-0.39, 0.29) is 31.1 Å². The topological polar surface area (TPSA) is 273 Å². The molecule has 5 atom stereocenters. The van der Waals surface area contributed by atoms with Crippen molar-refractivity contribution >= 4 is 48.2 Å². The molecule has 0 saturated heterocycles. The van der Waals surface area contributed by atoms with Crippen LogP contribution in [-0.4, -0.2) is 93.5 Å². The molecule has 0 radical (unpaired) electrons. The number of thiol groups is 1. The summed E-state index contributed by atoms with van der Waals surface area (Å²) in [6, 6.07) is -5.35. The lowest BCUT2D eigenvalue weighted by Crippen LogP contribution is -2.60. The molecule has 0 aliphatic rings. The quantitative estimate of drug-likeness (QED) is 0.0417. The highest BCUT2D eigenvalue weighted by atomic mass is 32.1. The first-order valence-electron chi connectivity index (χ1n) is 10.3. The van der Waals surface area contributed by atoms with Gasteiger partial charge >= 0.3 is 11.9 Å². The smallest absolute Gasteiger partial charge is 0.326 e. The molecule has 34 heavy (non-hydrogen) atoms. The van der Waals surface area contributed by atoms with E-state index in [1.807, 2.05) is 0 Å². The van der Waals surface area contributed by atoms with Gasteiger partial charge in [0.1, 0.15) is 18.1 Å². The fraction of sp³-hybridized carbons (Fsp3) is 0.667. The monoisotopic (exact) mass is 507 g/mol. The number of nitrogens with zero attached hydrogens (tertiary/aromatic N) is 1. The number of carboxylic acid groups (broad SMARTS) is 2. The molecule has 3 amide bonds. The highest BCUT2D eigenvalue weighted by Gasteiger charge is 2.32. The minimum Gasteiger partial charge on any atom is -0.481 e. The van der Waals surface area contributed by atoms with E-state index in [9.17, 15) is 29.1 Å². The van der Waals surface area contributed by atoms with Crippen LogP contribution in [0.2, 0.25) is 0 Å². The molecule has 0 aromatic heterocycles. The maximum absolute atomic E-state index is 12.6. The molecule has 0 aliphatic heterocycles. The summed E-state index contributed by atoms with van der Waals surface area (Å²) in [5.41, 5.74) is 16.2. The molecule has 0 aromatic rings. The van der Waals surface area contributed by atoms with Gasteiger partial charge in [0.25, 0.3) is 0 Å². The van der Waals surface area contributed by atoms with Crippen LogP contribution in [0, 0.1) is 0 Å². The summed E-state index contributed by atoms with van der Waals surface area (Å²) in [5, 5.41) is 34.5. The van der Waals surface area contributed by atoms with Crippen LogP contribution in [-0.2, 0) is 24.0 Å². The largest absolute Gasteiger partial charge is 0.481 e. The molecule has 0 fully saturated rings. The standard InChI is InChI=1S/C18H33N7O8S/c1-8(26)13(25-14(29)9(19)3-2-6-22-18(20)21)16(31)24-11(7-34)15(30)23-10(17(32)33)4-5-12(27)28/h8-11,13,26,34H,2-7,19H2,1H3,(H,23,30)(H,24,31)(H,25,29)(H,27,28)(H,32,33)(H4,20,21,22). The van der Waals surface area contributed by atoms with Gasteiger partial charge in [-0.2, -0.15) is 12.6 Å². The van der Waals surface area contributed by atoms with Crippen molar-refractivity contribution in [3.63, 3.8) is 0 Å². The highest BCUT2D eigenvalue weighted by molar-refractivity contribution is 7.80. The van der Waals surface area contributed by atoms with Gasteiger partial charge in [0.05, 0.1) is 12.1 Å². The molecule has 16 heteroatoms. The fourth-order valence-corrected chi connectivity index (χ4v) is 2.83. The van der Waals surface area contributed by atoms with Gasteiger partial charge in [0, 0.05) is 18.7 Å². The number of carbonyl (C=O) groups is 5. The Labute approximate surface area is 201 Å². The van der Waals surface area contributed by atoms with Crippen molar-refractivity contribution in [2.75, 3.05) is 12.3 Å². The SMILES string of the molecule is CC(O)C(NC(=O)C(N)CCCN=C(N)N)C(=O)NC(CS)C(=O)NC(CCC(=O)O)C(=O)O. The Balaban J connectivity index is 5.07. The van der Waals surface area contributed by atoms with Gasteiger partial charge in [-0.05, 0) is 26.2 Å². The number of aliphatic imine (C=N–C) groups is 1. The van der Waals surface area contributed by atoms with Crippen LogP contribution in [0.25, 0.3) is 0 Å². The molecule has 0 bridgehead atoms. The average molecular weight is 508 g/mol. The van der Waals surface area contributed by atoms with Crippen molar-refractivity contribution in [2.45, 2.75) is 62.9 Å². The third kappa shape index (κ3) is 12.2. The van der Waals surface area contributed by atoms with Crippen LogP contribution in [0.5, 0.6) is 0 Å². The number of amides is 3. The Morgan fingerprint density at radius 1 is 0.941 bits per heavy atom. The second-order valence-electron chi connectivity index (χ2n) is 7.36. The average Bonchev–Trinajstić information content (AvgIpc) is 2.74. The van der Waals surface area contributed by atoms with Crippen LogP contribution >= 0.6 is 12.6 Å². The maximum atomic E-state index is 12.6. The summed E-state index contributed by atoms with van der Waals surface area (Å²) in [6.45, 7) is 1.48. The molecule has 0 rings (SSSR count). The molecule has 0 saturated carbocycles. The lowest BCUT2D eigenvalue weighted by Gasteiger charge is -2.25. The van der Waals surface area contributed by atoms with Gasteiger partial charge in [-0.3, -0.25) is 24.2 Å². The lowest BCUT2D eigenvalue weighted by atomic mass is 10.1. The Morgan fingerprint density at radius 3 is 2.00 bits per heavy atom. The second-order valence-corrected chi connectivity index (χ2v) is 7.72. The predicted octanol–water partition coefficient (Wildman–Crippen LogP) is -3.92. The van der Waals surface area contributed by atoms with Crippen molar-refractivity contribution < 1.29 is 39.3 Å². The summed E-state index contributed by atoms with van der Waals surface area (Å²) in [7, 11) is 0. The first-order valence-corrected chi connectivity index (χ1v) is 10.9.